The first-order valence-corrected chi connectivity index (χ1v) is 9.35. The van der Waals surface area contributed by atoms with Crippen LogP contribution >= 0.6 is 0 Å². The Hall–Kier alpha value is -3.88. The van der Waals surface area contributed by atoms with Gasteiger partial charge in [0, 0.05) is 6.20 Å². The van der Waals surface area contributed by atoms with E-state index in [0.29, 0.717) is 11.1 Å². The maximum atomic E-state index is 13.2. The summed E-state index contributed by atoms with van der Waals surface area (Å²) in [6.45, 7) is 1.49. The summed E-state index contributed by atoms with van der Waals surface area (Å²) in [4.78, 5) is 29.9. The molecule has 1 N–H and O–H groups in total. The van der Waals surface area contributed by atoms with Gasteiger partial charge in [0.15, 0.2) is 5.65 Å². The number of nitrogens with zero attached hydrogens (tertiary/aromatic N) is 3. The Morgan fingerprint density at radius 3 is 2.45 bits per heavy atom. The van der Waals surface area contributed by atoms with Crippen LogP contribution in [0.4, 0.5) is 18.9 Å². The molecule has 0 aliphatic heterocycles. The Morgan fingerprint density at radius 1 is 1.03 bits per heavy atom. The molecular formula is C22H17F3N4O2. The van der Waals surface area contributed by atoms with Gasteiger partial charge in [-0.15, -0.1) is 0 Å². The van der Waals surface area contributed by atoms with Crippen molar-refractivity contribution in [2.75, 3.05) is 5.32 Å². The molecule has 0 aliphatic rings. The van der Waals surface area contributed by atoms with E-state index in [9.17, 15) is 22.8 Å². The Labute approximate surface area is 174 Å². The van der Waals surface area contributed by atoms with Crippen molar-refractivity contribution >= 4 is 22.6 Å². The zero-order valence-electron chi connectivity index (χ0n) is 16.3. The molecule has 0 aliphatic carbocycles. The smallest absolute Gasteiger partial charge is 0.324 e. The maximum absolute atomic E-state index is 13.2. The first-order valence-electron chi connectivity index (χ1n) is 9.35. The Kier molecular flexibility index (Phi) is 5.10. The van der Waals surface area contributed by atoms with Crippen molar-refractivity contribution in [2.24, 2.45) is 0 Å². The van der Waals surface area contributed by atoms with Gasteiger partial charge in [-0.3, -0.25) is 14.3 Å². The van der Waals surface area contributed by atoms with E-state index < -0.39 is 24.2 Å². The highest BCUT2D eigenvalue weighted by Crippen LogP contribution is 2.34. The van der Waals surface area contributed by atoms with Gasteiger partial charge in [-0.05, 0) is 43.3 Å². The summed E-state index contributed by atoms with van der Waals surface area (Å²) >= 11 is 0. The number of halogens is 3. The predicted octanol–water partition coefficient (Wildman–Crippen LogP) is 4.15. The van der Waals surface area contributed by atoms with Crippen molar-refractivity contribution in [1.29, 1.82) is 0 Å². The minimum atomic E-state index is -4.62. The van der Waals surface area contributed by atoms with Crippen LogP contribution in [0.5, 0.6) is 0 Å². The fourth-order valence-electron chi connectivity index (χ4n) is 3.34. The van der Waals surface area contributed by atoms with E-state index >= 15 is 0 Å². The number of hydrogen-bond acceptors (Lipinski definition) is 3. The van der Waals surface area contributed by atoms with Gasteiger partial charge < -0.3 is 5.32 Å². The molecule has 158 valence electrons. The molecule has 0 atom stereocenters. The van der Waals surface area contributed by atoms with Crippen LogP contribution in [-0.2, 0) is 17.5 Å². The minimum Gasteiger partial charge on any atom is -0.324 e. The average Bonchev–Trinajstić information content (AvgIpc) is 3.00. The van der Waals surface area contributed by atoms with Crippen molar-refractivity contribution in [1.82, 2.24) is 14.3 Å². The van der Waals surface area contributed by atoms with Crippen molar-refractivity contribution in [3.05, 3.63) is 88.3 Å². The van der Waals surface area contributed by atoms with Gasteiger partial charge in [0.2, 0.25) is 5.91 Å². The number of pyridine rings is 1. The molecule has 2 aromatic carbocycles. The Morgan fingerprint density at radius 2 is 1.74 bits per heavy atom. The number of carbonyl (C=O) groups excluding carboxylic acids is 1. The number of nitrogens with one attached hydrogen (secondary N) is 1. The minimum absolute atomic E-state index is 0.257. The lowest BCUT2D eigenvalue weighted by atomic mass is 10.1. The fraction of sp³-hybridized carbons (Fsp3) is 0.136. The number of hydrogen-bond donors (Lipinski definition) is 1. The molecule has 6 nitrogen and oxygen atoms in total. The highest BCUT2D eigenvalue weighted by atomic mass is 19.4. The molecule has 0 saturated carbocycles. The lowest BCUT2D eigenvalue weighted by molar-refractivity contribution is -0.137. The number of amides is 1. The lowest BCUT2D eigenvalue weighted by Gasteiger charge is -2.15. The highest BCUT2D eigenvalue weighted by Gasteiger charge is 2.33. The van der Waals surface area contributed by atoms with Gasteiger partial charge in [-0.2, -0.15) is 13.2 Å². The van der Waals surface area contributed by atoms with Crippen LogP contribution in [0.15, 0.2) is 71.7 Å². The van der Waals surface area contributed by atoms with E-state index in [1.54, 1.807) is 24.3 Å². The molecule has 9 heteroatoms. The van der Waals surface area contributed by atoms with E-state index in [1.165, 1.54) is 33.8 Å². The van der Waals surface area contributed by atoms with Crippen molar-refractivity contribution in [2.45, 2.75) is 19.6 Å². The number of para-hydroxylation sites is 1. The quantitative estimate of drug-likeness (QED) is 0.533. The van der Waals surface area contributed by atoms with Gasteiger partial charge in [0.1, 0.15) is 6.54 Å². The summed E-state index contributed by atoms with van der Waals surface area (Å²) in [5.74, 6) is -0.722. The second-order valence-corrected chi connectivity index (χ2v) is 6.98. The van der Waals surface area contributed by atoms with E-state index in [2.05, 4.69) is 10.3 Å². The number of aryl methyl sites for hydroxylation is 1. The second-order valence-electron chi connectivity index (χ2n) is 6.98. The molecule has 1 amide bonds. The maximum Gasteiger partial charge on any atom is 0.418 e. The molecule has 0 fully saturated rings. The summed E-state index contributed by atoms with van der Waals surface area (Å²) in [7, 11) is 0. The Bertz CT molecular complexity index is 1320. The number of alkyl halides is 3. The largest absolute Gasteiger partial charge is 0.418 e. The fourth-order valence-corrected chi connectivity index (χ4v) is 3.34. The lowest BCUT2D eigenvalue weighted by Crippen LogP contribution is -2.27. The van der Waals surface area contributed by atoms with Gasteiger partial charge in [-0.25, -0.2) is 9.67 Å². The van der Waals surface area contributed by atoms with Gasteiger partial charge >= 0.3 is 6.18 Å². The topological polar surface area (TPSA) is 68.9 Å². The van der Waals surface area contributed by atoms with Crippen LogP contribution < -0.4 is 10.9 Å². The predicted molar refractivity (Wildman–Crippen MR) is 110 cm³/mol. The first-order chi connectivity index (χ1) is 14.8. The summed E-state index contributed by atoms with van der Waals surface area (Å²) < 4.78 is 42.4. The molecule has 2 heterocycles. The number of aromatic nitrogens is 3. The molecule has 0 spiro atoms. The summed E-state index contributed by atoms with van der Waals surface area (Å²) in [6, 6.07) is 15.0. The van der Waals surface area contributed by atoms with Crippen molar-refractivity contribution in [3.8, 4) is 5.69 Å². The molecule has 2 aromatic heterocycles. The Balaban J connectivity index is 1.76. The SMILES string of the molecule is Cc1ccc(-n2c(=O)c3cccnc3n2CC(=O)Nc2ccccc2C(F)(F)F)cc1. The number of fused-ring (bicyclic) bond motifs is 1. The van der Waals surface area contributed by atoms with Gasteiger partial charge in [-0.1, -0.05) is 29.8 Å². The average molecular weight is 426 g/mol. The zero-order chi connectivity index (χ0) is 22.2. The third-order valence-electron chi connectivity index (χ3n) is 4.77. The molecule has 4 aromatic rings. The number of anilines is 1. The zero-order valence-corrected chi connectivity index (χ0v) is 16.3. The third-order valence-corrected chi connectivity index (χ3v) is 4.77. The van der Waals surface area contributed by atoms with Crippen LogP contribution in [0.1, 0.15) is 11.1 Å². The standard InChI is InChI=1S/C22H17F3N4O2/c1-14-8-10-15(11-9-14)29-21(31)16-5-4-12-26-20(16)28(29)13-19(30)27-18-7-3-2-6-17(18)22(23,24)25/h2-12H,13H2,1H3,(H,27,30). The molecule has 0 radical (unpaired) electrons. The van der Waals surface area contributed by atoms with Crippen LogP contribution in [0.2, 0.25) is 0 Å². The summed E-state index contributed by atoms with van der Waals surface area (Å²) in [5.41, 5.74) is 0.0716. The van der Waals surface area contributed by atoms with E-state index in [1.807, 2.05) is 19.1 Å². The number of carbonyl (C=O) groups is 1. The highest BCUT2D eigenvalue weighted by molar-refractivity contribution is 5.92. The van der Waals surface area contributed by atoms with Gasteiger partial charge in [0.05, 0.1) is 22.3 Å². The van der Waals surface area contributed by atoms with E-state index in [-0.39, 0.29) is 16.9 Å². The van der Waals surface area contributed by atoms with E-state index in [4.69, 9.17) is 0 Å². The third kappa shape index (κ3) is 3.94. The summed E-state index contributed by atoms with van der Waals surface area (Å²) in [6.07, 6.45) is -3.13. The van der Waals surface area contributed by atoms with Crippen molar-refractivity contribution < 1.29 is 18.0 Å². The number of benzene rings is 2. The number of rotatable bonds is 4. The van der Waals surface area contributed by atoms with Crippen LogP contribution in [0, 0.1) is 6.92 Å². The van der Waals surface area contributed by atoms with Crippen LogP contribution in [-0.4, -0.2) is 20.3 Å². The molecule has 0 saturated heterocycles. The normalized spacial score (nSPS) is 11.6. The van der Waals surface area contributed by atoms with E-state index in [0.717, 1.165) is 11.6 Å². The molecule has 0 bridgehead atoms. The molecule has 0 unspecified atom stereocenters. The first kappa shape index (κ1) is 20.4. The monoisotopic (exact) mass is 426 g/mol. The van der Waals surface area contributed by atoms with Gasteiger partial charge in [0.25, 0.3) is 5.56 Å². The molecular weight excluding hydrogens is 409 g/mol. The summed E-state index contributed by atoms with van der Waals surface area (Å²) in [5, 5.41) is 2.60. The van der Waals surface area contributed by atoms with Crippen LogP contribution in [0.3, 0.4) is 0 Å². The molecule has 31 heavy (non-hydrogen) atoms. The molecule has 4 rings (SSSR count). The van der Waals surface area contributed by atoms with Crippen LogP contribution in [0.25, 0.3) is 16.7 Å². The van der Waals surface area contributed by atoms with Crippen molar-refractivity contribution in [3.63, 3.8) is 0 Å². The second kappa shape index (κ2) is 7.75.